The summed E-state index contributed by atoms with van der Waals surface area (Å²) in [6.45, 7) is 5.49. The summed E-state index contributed by atoms with van der Waals surface area (Å²) in [6, 6.07) is 12.0. The molecule has 0 aromatic heterocycles. The molecular formula is C24H29N3O5S. The Morgan fingerprint density at radius 1 is 1.09 bits per heavy atom. The Balaban J connectivity index is 1.58. The fourth-order valence-electron chi connectivity index (χ4n) is 4.14. The number of hydrogen-bond donors (Lipinski definition) is 3. The number of nitrogens with one attached hydrogen (secondary N) is 3. The smallest absolute Gasteiger partial charge is 0.240 e. The van der Waals surface area contributed by atoms with Gasteiger partial charge < -0.3 is 5.32 Å². The highest BCUT2D eigenvalue weighted by atomic mass is 32.2. The highest BCUT2D eigenvalue weighted by molar-refractivity contribution is 7.89. The van der Waals surface area contributed by atoms with E-state index < -0.39 is 15.4 Å². The predicted octanol–water partition coefficient (Wildman–Crippen LogP) is 2.69. The third-order valence-corrected chi connectivity index (χ3v) is 7.68. The first-order valence-electron chi connectivity index (χ1n) is 10.9. The molecule has 1 saturated heterocycles. The lowest BCUT2D eigenvalue weighted by Gasteiger charge is -2.35. The van der Waals surface area contributed by atoms with Crippen molar-refractivity contribution in [3.8, 4) is 0 Å². The SMILES string of the molecule is CCC1(c2ccc(NC(=O)CCNS(=O)(=O)c3ccc(C)cc3C)cc2)CCC(=O)NC1=O. The number of imide groups is 1. The van der Waals surface area contributed by atoms with Crippen molar-refractivity contribution in [1.82, 2.24) is 10.0 Å². The number of aryl methyl sites for hydroxylation is 2. The fourth-order valence-corrected chi connectivity index (χ4v) is 5.40. The van der Waals surface area contributed by atoms with Crippen LogP contribution < -0.4 is 15.4 Å². The minimum atomic E-state index is -3.71. The molecule has 9 heteroatoms. The summed E-state index contributed by atoms with van der Waals surface area (Å²) >= 11 is 0. The summed E-state index contributed by atoms with van der Waals surface area (Å²) in [5.74, 6) is -0.896. The van der Waals surface area contributed by atoms with Gasteiger partial charge in [-0.15, -0.1) is 0 Å². The zero-order valence-electron chi connectivity index (χ0n) is 19.0. The molecule has 176 valence electrons. The van der Waals surface area contributed by atoms with Gasteiger partial charge >= 0.3 is 0 Å². The monoisotopic (exact) mass is 471 g/mol. The Morgan fingerprint density at radius 2 is 1.79 bits per heavy atom. The van der Waals surface area contributed by atoms with Crippen LogP contribution in [0.15, 0.2) is 47.4 Å². The van der Waals surface area contributed by atoms with Crippen molar-refractivity contribution in [2.45, 2.75) is 56.8 Å². The maximum absolute atomic E-state index is 12.5. The van der Waals surface area contributed by atoms with Gasteiger partial charge in [0, 0.05) is 25.1 Å². The van der Waals surface area contributed by atoms with Crippen LogP contribution in [0.4, 0.5) is 5.69 Å². The molecule has 1 aliphatic rings. The van der Waals surface area contributed by atoms with Crippen LogP contribution in [0.25, 0.3) is 0 Å². The van der Waals surface area contributed by atoms with E-state index in [2.05, 4.69) is 15.4 Å². The van der Waals surface area contributed by atoms with Gasteiger partial charge in [0.25, 0.3) is 0 Å². The lowest BCUT2D eigenvalue weighted by molar-refractivity contribution is -0.138. The van der Waals surface area contributed by atoms with Crippen LogP contribution in [0.5, 0.6) is 0 Å². The van der Waals surface area contributed by atoms with E-state index in [4.69, 9.17) is 0 Å². The lowest BCUT2D eigenvalue weighted by atomic mass is 9.72. The van der Waals surface area contributed by atoms with E-state index in [0.29, 0.717) is 24.1 Å². The molecule has 0 spiro atoms. The van der Waals surface area contributed by atoms with Crippen molar-refractivity contribution >= 4 is 33.4 Å². The van der Waals surface area contributed by atoms with Gasteiger partial charge in [0.15, 0.2) is 0 Å². The summed E-state index contributed by atoms with van der Waals surface area (Å²) in [6.07, 6.45) is 1.25. The predicted molar refractivity (Wildman–Crippen MR) is 125 cm³/mol. The first-order chi connectivity index (χ1) is 15.6. The van der Waals surface area contributed by atoms with Gasteiger partial charge in [-0.05, 0) is 56.0 Å². The maximum Gasteiger partial charge on any atom is 0.240 e. The third kappa shape index (κ3) is 5.48. The summed E-state index contributed by atoms with van der Waals surface area (Å²) in [5, 5.41) is 5.15. The first-order valence-corrected chi connectivity index (χ1v) is 12.4. The number of carbonyl (C=O) groups is 3. The van der Waals surface area contributed by atoms with Crippen molar-refractivity contribution in [1.29, 1.82) is 0 Å². The largest absolute Gasteiger partial charge is 0.326 e. The zero-order valence-corrected chi connectivity index (χ0v) is 19.8. The van der Waals surface area contributed by atoms with E-state index in [1.54, 1.807) is 49.4 Å². The van der Waals surface area contributed by atoms with E-state index >= 15 is 0 Å². The molecule has 0 aliphatic carbocycles. The van der Waals surface area contributed by atoms with Gasteiger partial charge in [-0.2, -0.15) is 0 Å². The Bertz CT molecular complexity index is 1180. The highest BCUT2D eigenvalue weighted by Gasteiger charge is 2.42. The van der Waals surface area contributed by atoms with Gasteiger partial charge in [0.1, 0.15) is 0 Å². The molecule has 0 saturated carbocycles. The molecule has 1 heterocycles. The summed E-state index contributed by atoms with van der Waals surface area (Å²) in [5.41, 5.74) is 2.18. The topological polar surface area (TPSA) is 121 Å². The van der Waals surface area contributed by atoms with Crippen molar-refractivity contribution < 1.29 is 22.8 Å². The van der Waals surface area contributed by atoms with Gasteiger partial charge in [0.05, 0.1) is 10.3 Å². The number of anilines is 1. The van der Waals surface area contributed by atoms with E-state index in [-0.39, 0.29) is 42.0 Å². The van der Waals surface area contributed by atoms with Crippen LogP contribution in [-0.2, 0) is 29.8 Å². The number of sulfonamides is 1. The Hall–Kier alpha value is -3.04. The van der Waals surface area contributed by atoms with E-state index in [9.17, 15) is 22.8 Å². The normalized spacial score (nSPS) is 18.6. The fraction of sp³-hybridized carbons (Fsp3) is 0.375. The second kappa shape index (κ2) is 9.84. The van der Waals surface area contributed by atoms with Gasteiger partial charge in [-0.1, -0.05) is 36.8 Å². The summed E-state index contributed by atoms with van der Waals surface area (Å²) < 4.78 is 27.5. The summed E-state index contributed by atoms with van der Waals surface area (Å²) in [7, 11) is -3.71. The van der Waals surface area contributed by atoms with Crippen LogP contribution in [0, 0.1) is 13.8 Å². The molecule has 1 aliphatic heterocycles. The van der Waals surface area contributed by atoms with Gasteiger partial charge in [0.2, 0.25) is 27.7 Å². The lowest BCUT2D eigenvalue weighted by Crippen LogP contribution is -2.51. The van der Waals surface area contributed by atoms with Crippen LogP contribution in [0.2, 0.25) is 0 Å². The zero-order chi connectivity index (χ0) is 24.2. The van der Waals surface area contributed by atoms with E-state index in [1.165, 1.54) is 0 Å². The Labute approximate surface area is 194 Å². The molecule has 33 heavy (non-hydrogen) atoms. The standard InChI is InChI=1S/C24H29N3O5S/c1-4-24(13-11-21(28)27-23(24)30)18-6-8-19(9-7-18)26-22(29)12-14-25-33(31,32)20-10-5-16(2)15-17(20)3/h5-10,15,25H,4,11-14H2,1-3H3,(H,26,29)(H,27,28,30). The third-order valence-electron chi connectivity index (χ3n) is 6.06. The minimum absolute atomic E-state index is 0.0324. The van der Waals surface area contributed by atoms with Gasteiger partial charge in [-0.3, -0.25) is 19.7 Å². The van der Waals surface area contributed by atoms with Crippen molar-refractivity contribution in [2.75, 3.05) is 11.9 Å². The molecule has 3 N–H and O–H groups in total. The maximum atomic E-state index is 12.5. The number of carbonyl (C=O) groups excluding carboxylic acids is 3. The molecule has 3 amide bonds. The molecule has 8 nitrogen and oxygen atoms in total. The molecule has 1 unspecified atom stereocenters. The quantitative estimate of drug-likeness (QED) is 0.511. The second-order valence-corrected chi connectivity index (χ2v) is 10.1. The number of hydrogen-bond acceptors (Lipinski definition) is 5. The molecule has 1 atom stereocenters. The number of piperidine rings is 1. The van der Waals surface area contributed by atoms with E-state index in [1.807, 2.05) is 13.8 Å². The molecule has 2 aromatic carbocycles. The van der Waals surface area contributed by atoms with Crippen LogP contribution in [0.1, 0.15) is 49.3 Å². The molecule has 1 fully saturated rings. The Kier molecular flexibility index (Phi) is 7.34. The van der Waals surface area contributed by atoms with Crippen LogP contribution >= 0.6 is 0 Å². The molecule has 3 rings (SSSR count). The molecular weight excluding hydrogens is 442 g/mol. The molecule has 2 aromatic rings. The highest BCUT2D eigenvalue weighted by Crippen LogP contribution is 2.36. The minimum Gasteiger partial charge on any atom is -0.326 e. The van der Waals surface area contributed by atoms with Crippen molar-refractivity contribution in [3.63, 3.8) is 0 Å². The number of benzene rings is 2. The van der Waals surface area contributed by atoms with Crippen LogP contribution in [-0.4, -0.2) is 32.7 Å². The summed E-state index contributed by atoms with van der Waals surface area (Å²) in [4.78, 5) is 36.5. The molecule has 0 bridgehead atoms. The average Bonchev–Trinajstić information content (AvgIpc) is 2.74. The number of amides is 3. The van der Waals surface area contributed by atoms with Crippen molar-refractivity contribution in [3.05, 3.63) is 59.2 Å². The average molecular weight is 472 g/mol. The number of rotatable bonds is 8. The first kappa shape index (κ1) is 24.6. The van der Waals surface area contributed by atoms with E-state index in [0.717, 1.165) is 11.1 Å². The van der Waals surface area contributed by atoms with Crippen LogP contribution in [0.3, 0.4) is 0 Å². The van der Waals surface area contributed by atoms with Crippen molar-refractivity contribution in [2.24, 2.45) is 0 Å². The molecule has 0 radical (unpaired) electrons. The van der Waals surface area contributed by atoms with Gasteiger partial charge in [-0.25, -0.2) is 13.1 Å². The second-order valence-electron chi connectivity index (χ2n) is 8.36. The Morgan fingerprint density at radius 3 is 2.39 bits per heavy atom.